The molecular formula is C21H22F2N2O4. The predicted molar refractivity (Wildman–Crippen MR) is 104 cm³/mol. The van der Waals surface area contributed by atoms with E-state index in [4.69, 9.17) is 4.74 Å². The van der Waals surface area contributed by atoms with Crippen LogP contribution in [0.3, 0.4) is 0 Å². The van der Waals surface area contributed by atoms with E-state index in [1.165, 1.54) is 0 Å². The number of halogens is 2. The highest BCUT2D eigenvalue weighted by molar-refractivity contribution is 5.96. The Balaban J connectivity index is 1.77. The molecule has 6 nitrogen and oxygen atoms in total. The summed E-state index contributed by atoms with van der Waals surface area (Å²) in [5.41, 5.74) is 0.567. The van der Waals surface area contributed by atoms with Gasteiger partial charge >= 0.3 is 5.97 Å². The average Bonchev–Trinajstić information content (AvgIpc) is 2.68. The Morgan fingerprint density at radius 1 is 1.03 bits per heavy atom. The highest BCUT2D eigenvalue weighted by Gasteiger charge is 2.13. The van der Waals surface area contributed by atoms with E-state index in [1.54, 1.807) is 24.3 Å². The molecular weight excluding hydrogens is 382 g/mol. The second-order valence-electron chi connectivity index (χ2n) is 6.25. The highest BCUT2D eigenvalue weighted by Crippen LogP contribution is 2.12. The molecule has 2 amide bonds. The number of benzene rings is 2. The van der Waals surface area contributed by atoms with E-state index in [0.717, 1.165) is 25.0 Å². The van der Waals surface area contributed by atoms with Gasteiger partial charge in [0.2, 0.25) is 5.91 Å². The number of carbonyl (C=O) groups is 3. The zero-order chi connectivity index (χ0) is 21.2. The molecule has 0 aliphatic heterocycles. The van der Waals surface area contributed by atoms with Crippen LogP contribution in [0, 0.1) is 11.6 Å². The van der Waals surface area contributed by atoms with Crippen molar-refractivity contribution >= 4 is 23.5 Å². The minimum Gasteiger partial charge on any atom is -0.462 e. The number of nitrogens with one attached hydrogen (secondary N) is 2. The standard InChI is InChI=1S/C21H22F2N2O4/c1-2-3-12-29-21(28)14-4-7-16(8-5-14)25-19(26)10-11-24-20(27)17-9-6-15(22)13-18(17)23/h4-9,13H,2-3,10-12H2,1H3,(H,24,27)(H,25,26). The third-order valence-corrected chi connectivity index (χ3v) is 3.95. The molecule has 0 aliphatic rings. The molecule has 2 rings (SSSR count). The summed E-state index contributed by atoms with van der Waals surface area (Å²) >= 11 is 0. The van der Waals surface area contributed by atoms with Gasteiger partial charge in [0.25, 0.3) is 5.91 Å². The van der Waals surface area contributed by atoms with E-state index in [-0.39, 0.29) is 24.4 Å². The Morgan fingerprint density at radius 2 is 1.76 bits per heavy atom. The van der Waals surface area contributed by atoms with Crippen LogP contribution in [0.15, 0.2) is 42.5 Å². The molecule has 29 heavy (non-hydrogen) atoms. The minimum atomic E-state index is -0.972. The topological polar surface area (TPSA) is 84.5 Å². The van der Waals surface area contributed by atoms with Crippen molar-refractivity contribution in [3.05, 3.63) is 65.2 Å². The Morgan fingerprint density at radius 3 is 2.41 bits per heavy atom. The molecule has 0 bridgehead atoms. The van der Waals surface area contributed by atoms with Crippen LogP contribution in [-0.2, 0) is 9.53 Å². The number of ether oxygens (including phenoxy) is 1. The summed E-state index contributed by atoms with van der Waals surface area (Å²) in [6, 6.07) is 8.86. The van der Waals surface area contributed by atoms with Gasteiger partial charge in [0, 0.05) is 24.7 Å². The van der Waals surface area contributed by atoms with Crippen LogP contribution >= 0.6 is 0 Å². The number of esters is 1. The van der Waals surface area contributed by atoms with Crippen LogP contribution < -0.4 is 10.6 Å². The third kappa shape index (κ3) is 6.99. The van der Waals surface area contributed by atoms with E-state index in [2.05, 4.69) is 10.6 Å². The summed E-state index contributed by atoms with van der Waals surface area (Å²) < 4.78 is 31.5. The lowest BCUT2D eigenvalue weighted by atomic mass is 10.2. The molecule has 0 atom stereocenters. The van der Waals surface area contributed by atoms with Crippen LogP contribution in [-0.4, -0.2) is 30.9 Å². The molecule has 0 aliphatic carbocycles. The maximum absolute atomic E-state index is 13.5. The van der Waals surface area contributed by atoms with Gasteiger partial charge in [-0.25, -0.2) is 13.6 Å². The molecule has 0 heterocycles. The highest BCUT2D eigenvalue weighted by atomic mass is 19.1. The van der Waals surface area contributed by atoms with Gasteiger partial charge in [-0.3, -0.25) is 9.59 Å². The summed E-state index contributed by atoms with van der Waals surface area (Å²) in [5.74, 6) is -3.28. The van der Waals surface area contributed by atoms with Crippen LogP contribution in [0.2, 0.25) is 0 Å². The summed E-state index contributed by atoms with van der Waals surface area (Å²) in [6.07, 6.45) is 1.68. The van der Waals surface area contributed by atoms with E-state index in [9.17, 15) is 23.2 Å². The van der Waals surface area contributed by atoms with Gasteiger partial charge in [0.15, 0.2) is 0 Å². The van der Waals surface area contributed by atoms with Crippen molar-refractivity contribution in [2.45, 2.75) is 26.2 Å². The van der Waals surface area contributed by atoms with Crippen molar-refractivity contribution in [1.29, 1.82) is 0 Å². The molecule has 0 spiro atoms. The molecule has 0 fully saturated rings. The van der Waals surface area contributed by atoms with Gasteiger partial charge in [-0.05, 0) is 42.8 Å². The summed E-state index contributed by atoms with van der Waals surface area (Å²) in [6.45, 7) is 2.34. The SMILES string of the molecule is CCCCOC(=O)c1ccc(NC(=O)CCNC(=O)c2ccc(F)cc2F)cc1. The summed E-state index contributed by atoms with van der Waals surface area (Å²) in [5, 5.41) is 5.03. The molecule has 2 aromatic carbocycles. The molecule has 0 radical (unpaired) electrons. The largest absolute Gasteiger partial charge is 0.462 e. The molecule has 0 unspecified atom stereocenters. The Kier molecular flexibility index (Phi) is 8.27. The lowest BCUT2D eigenvalue weighted by molar-refractivity contribution is -0.116. The third-order valence-electron chi connectivity index (χ3n) is 3.95. The zero-order valence-electron chi connectivity index (χ0n) is 16.0. The lowest BCUT2D eigenvalue weighted by Crippen LogP contribution is -2.28. The molecule has 0 saturated carbocycles. The summed E-state index contributed by atoms with van der Waals surface area (Å²) in [4.78, 5) is 35.6. The average molecular weight is 404 g/mol. The van der Waals surface area contributed by atoms with E-state index in [0.29, 0.717) is 23.9 Å². The number of hydrogen-bond acceptors (Lipinski definition) is 4. The molecule has 154 valence electrons. The zero-order valence-corrected chi connectivity index (χ0v) is 16.0. The van der Waals surface area contributed by atoms with Crippen molar-refractivity contribution < 1.29 is 27.9 Å². The second-order valence-corrected chi connectivity index (χ2v) is 6.25. The first-order valence-electron chi connectivity index (χ1n) is 9.21. The van der Waals surface area contributed by atoms with Gasteiger partial charge in [0.1, 0.15) is 11.6 Å². The monoisotopic (exact) mass is 404 g/mol. The van der Waals surface area contributed by atoms with Crippen LogP contribution in [0.25, 0.3) is 0 Å². The van der Waals surface area contributed by atoms with Gasteiger partial charge in [-0.1, -0.05) is 13.3 Å². The first-order valence-corrected chi connectivity index (χ1v) is 9.21. The fourth-order valence-electron chi connectivity index (χ4n) is 2.36. The molecule has 2 N–H and O–H groups in total. The van der Waals surface area contributed by atoms with Gasteiger partial charge < -0.3 is 15.4 Å². The maximum atomic E-state index is 13.5. The number of rotatable bonds is 9. The number of anilines is 1. The molecule has 0 saturated heterocycles. The molecule has 8 heteroatoms. The van der Waals surface area contributed by atoms with Crippen LogP contribution in [0.4, 0.5) is 14.5 Å². The predicted octanol–water partition coefficient (Wildman–Crippen LogP) is 3.68. The molecule has 2 aromatic rings. The smallest absolute Gasteiger partial charge is 0.338 e. The van der Waals surface area contributed by atoms with Crippen molar-refractivity contribution in [3.8, 4) is 0 Å². The van der Waals surface area contributed by atoms with Crippen molar-refractivity contribution in [1.82, 2.24) is 5.32 Å². The number of carbonyl (C=O) groups excluding carboxylic acids is 3. The Bertz CT molecular complexity index is 869. The van der Waals surface area contributed by atoms with Gasteiger partial charge in [0.05, 0.1) is 17.7 Å². The fraction of sp³-hybridized carbons (Fsp3) is 0.286. The van der Waals surface area contributed by atoms with E-state index in [1.807, 2.05) is 6.92 Å². The van der Waals surface area contributed by atoms with Crippen molar-refractivity contribution in [2.24, 2.45) is 0 Å². The fourth-order valence-corrected chi connectivity index (χ4v) is 2.36. The van der Waals surface area contributed by atoms with Gasteiger partial charge in [-0.15, -0.1) is 0 Å². The Labute approximate surface area is 167 Å². The number of hydrogen-bond donors (Lipinski definition) is 2. The number of unbranched alkanes of at least 4 members (excludes halogenated alkanes) is 1. The number of amides is 2. The van der Waals surface area contributed by atoms with Crippen molar-refractivity contribution in [3.63, 3.8) is 0 Å². The minimum absolute atomic E-state index is 0.0245. The quantitative estimate of drug-likeness (QED) is 0.493. The maximum Gasteiger partial charge on any atom is 0.338 e. The van der Waals surface area contributed by atoms with Crippen molar-refractivity contribution in [2.75, 3.05) is 18.5 Å². The normalized spacial score (nSPS) is 10.3. The first-order chi connectivity index (χ1) is 13.9. The Hall–Kier alpha value is -3.29. The van der Waals surface area contributed by atoms with E-state index >= 15 is 0 Å². The first kappa shape index (κ1) is 22.0. The second kappa shape index (κ2) is 10.9. The lowest BCUT2D eigenvalue weighted by Gasteiger charge is -2.08. The summed E-state index contributed by atoms with van der Waals surface area (Å²) in [7, 11) is 0. The molecule has 0 aromatic heterocycles. The van der Waals surface area contributed by atoms with Gasteiger partial charge in [-0.2, -0.15) is 0 Å². The van der Waals surface area contributed by atoms with Crippen LogP contribution in [0.1, 0.15) is 46.9 Å². The van der Waals surface area contributed by atoms with Crippen LogP contribution in [0.5, 0.6) is 0 Å². The van der Waals surface area contributed by atoms with E-state index < -0.39 is 23.5 Å².